The molecule has 0 spiro atoms. The van der Waals surface area contributed by atoms with E-state index in [1.165, 1.54) is 4.31 Å². The fraction of sp³-hybridized carbons (Fsp3) is 0.267. The summed E-state index contributed by atoms with van der Waals surface area (Å²) in [5.74, 6) is 0. The Morgan fingerprint density at radius 3 is 2.62 bits per heavy atom. The smallest absolute Gasteiger partial charge is 0.243 e. The summed E-state index contributed by atoms with van der Waals surface area (Å²) < 4.78 is 26.4. The summed E-state index contributed by atoms with van der Waals surface area (Å²) in [6.07, 6.45) is 1.65. The van der Waals surface area contributed by atoms with Crippen LogP contribution in [-0.4, -0.2) is 24.8 Å². The summed E-state index contributed by atoms with van der Waals surface area (Å²) in [6.45, 7) is 2.46. The van der Waals surface area contributed by atoms with Crippen LogP contribution in [-0.2, 0) is 23.1 Å². The number of rotatable bonds is 5. The van der Waals surface area contributed by atoms with Crippen molar-refractivity contribution < 1.29 is 8.42 Å². The maximum atomic E-state index is 12.6. The van der Waals surface area contributed by atoms with Crippen LogP contribution >= 0.6 is 0 Å². The van der Waals surface area contributed by atoms with Gasteiger partial charge in [-0.3, -0.25) is 4.98 Å². The molecule has 6 heteroatoms. The van der Waals surface area contributed by atoms with E-state index in [0.717, 1.165) is 11.1 Å². The highest BCUT2D eigenvalue weighted by Gasteiger charge is 2.21. The molecule has 2 aromatic rings. The van der Waals surface area contributed by atoms with E-state index in [2.05, 4.69) is 4.98 Å². The molecule has 5 nitrogen and oxygen atoms in total. The normalized spacial score (nSPS) is 11.8. The molecule has 2 N–H and O–H groups in total. The van der Waals surface area contributed by atoms with Gasteiger partial charge in [0.2, 0.25) is 10.0 Å². The largest absolute Gasteiger partial charge is 0.326 e. The standard InChI is InChI=1S/C15H19N3O2S/c1-12-6-7-15(9-13(12)10-16)21(19,20)18(2)11-14-5-3-4-8-17-14/h3-9H,10-11,16H2,1-2H3. The van der Waals surface area contributed by atoms with Gasteiger partial charge in [0, 0.05) is 19.8 Å². The Balaban J connectivity index is 2.29. The molecule has 21 heavy (non-hydrogen) atoms. The van der Waals surface area contributed by atoms with Gasteiger partial charge < -0.3 is 5.73 Å². The first-order valence-corrected chi connectivity index (χ1v) is 8.05. The van der Waals surface area contributed by atoms with Crippen LogP contribution in [0.15, 0.2) is 47.5 Å². The fourth-order valence-corrected chi connectivity index (χ4v) is 3.21. The third kappa shape index (κ3) is 3.47. The maximum Gasteiger partial charge on any atom is 0.243 e. The molecule has 112 valence electrons. The lowest BCUT2D eigenvalue weighted by Crippen LogP contribution is -2.27. The number of nitrogens with two attached hydrogens (primary N) is 1. The van der Waals surface area contributed by atoms with Crippen molar-refractivity contribution in [2.75, 3.05) is 7.05 Å². The third-order valence-electron chi connectivity index (χ3n) is 3.36. The lowest BCUT2D eigenvalue weighted by Gasteiger charge is -2.17. The first-order valence-electron chi connectivity index (χ1n) is 6.61. The van der Waals surface area contributed by atoms with E-state index in [-0.39, 0.29) is 11.4 Å². The molecule has 1 aromatic heterocycles. The molecule has 0 amide bonds. The highest BCUT2D eigenvalue weighted by atomic mass is 32.2. The number of aromatic nitrogens is 1. The van der Waals surface area contributed by atoms with Crippen LogP contribution in [0.1, 0.15) is 16.8 Å². The second kappa shape index (κ2) is 6.34. The van der Waals surface area contributed by atoms with Crippen LogP contribution < -0.4 is 5.73 Å². The Morgan fingerprint density at radius 1 is 1.24 bits per heavy atom. The number of sulfonamides is 1. The molecule has 0 aliphatic heterocycles. The van der Waals surface area contributed by atoms with Crippen molar-refractivity contribution in [2.24, 2.45) is 5.73 Å². The molecular formula is C15H19N3O2S. The van der Waals surface area contributed by atoms with E-state index < -0.39 is 10.0 Å². The van der Waals surface area contributed by atoms with Crippen molar-refractivity contribution in [1.82, 2.24) is 9.29 Å². The number of hydrogen-bond acceptors (Lipinski definition) is 4. The summed E-state index contributed by atoms with van der Waals surface area (Å²) in [5, 5.41) is 0. The first-order chi connectivity index (χ1) is 9.95. The number of nitrogens with zero attached hydrogens (tertiary/aromatic N) is 2. The minimum atomic E-state index is -3.55. The van der Waals surface area contributed by atoms with Crippen LogP contribution in [0.5, 0.6) is 0 Å². The van der Waals surface area contributed by atoms with Crippen molar-refractivity contribution in [1.29, 1.82) is 0 Å². The van der Waals surface area contributed by atoms with Gasteiger partial charge in [-0.2, -0.15) is 4.31 Å². The zero-order valence-corrected chi connectivity index (χ0v) is 13.0. The highest BCUT2D eigenvalue weighted by Crippen LogP contribution is 2.19. The van der Waals surface area contributed by atoms with Crippen molar-refractivity contribution in [3.63, 3.8) is 0 Å². The Hall–Kier alpha value is -1.76. The molecule has 0 aliphatic carbocycles. The number of aryl methyl sites for hydroxylation is 1. The van der Waals surface area contributed by atoms with Crippen LogP contribution in [0.4, 0.5) is 0 Å². The molecule has 0 atom stereocenters. The highest BCUT2D eigenvalue weighted by molar-refractivity contribution is 7.89. The van der Waals surface area contributed by atoms with Gasteiger partial charge in [-0.15, -0.1) is 0 Å². The van der Waals surface area contributed by atoms with Crippen LogP contribution in [0, 0.1) is 6.92 Å². The van der Waals surface area contributed by atoms with Crippen molar-refractivity contribution in [3.8, 4) is 0 Å². The zero-order chi connectivity index (χ0) is 15.5. The molecule has 0 aliphatic rings. The Kier molecular flexibility index (Phi) is 4.72. The number of hydrogen-bond donors (Lipinski definition) is 1. The first kappa shape index (κ1) is 15.6. The summed E-state index contributed by atoms with van der Waals surface area (Å²) in [5.41, 5.74) is 8.17. The van der Waals surface area contributed by atoms with Gasteiger partial charge in [0.1, 0.15) is 0 Å². The molecule has 0 saturated carbocycles. The third-order valence-corrected chi connectivity index (χ3v) is 5.16. The Bertz CT molecular complexity index is 715. The SMILES string of the molecule is Cc1ccc(S(=O)(=O)N(C)Cc2ccccn2)cc1CN. The van der Waals surface area contributed by atoms with Gasteiger partial charge in [-0.05, 0) is 42.3 Å². The molecule has 0 radical (unpaired) electrons. The van der Waals surface area contributed by atoms with E-state index in [9.17, 15) is 8.42 Å². The van der Waals surface area contributed by atoms with Crippen LogP contribution in [0.25, 0.3) is 0 Å². The summed E-state index contributed by atoms with van der Waals surface area (Å²) >= 11 is 0. The van der Waals surface area contributed by atoms with E-state index in [1.54, 1.807) is 43.6 Å². The van der Waals surface area contributed by atoms with Crippen molar-refractivity contribution >= 4 is 10.0 Å². The van der Waals surface area contributed by atoms with E-state index in [1.807, 2.05) is 13.0 Å². The topological polar surface area (TPSA) is 76.3 Å². The monoisotopic (exact) mass is 305 g/mol. The van der Waals surface area contributed by atoms with Crippen molar-refractivity contribution in [3.05, 3.63) is 59.4 Å². The van der Waals surface area contributed by atoms with Crippen molar-refractivity contribution in [2.45, 2.75) is 24.9 Å². The van der Waals surface area contributed by atoms with Gasteiger partial charge in [0.15, 0.2) is 0 Å². The van der Waals surface area contributed by atoms with Gasteiger partial charge in [-0.25, -0.2) is 8.42 Å². The van der Waals surface area contributed by atoms with Gasteiger partial charge >= 0.3 is 0 Å². The maximum absolute atomic E-state index is 12.6. The number of benzene rings is 1. The van der Waals surface area contributed by atoms with Gasteiger partial charge in [-0.1, -0.05) is 12.1 Å². The average molecular weight is 305 g/mol. The van der Waals surface area contributed by atoms with Gasteiger partial charge in [0.25, 0.3) is 0 Å². The van der Waals surface area contributed by atoms with E-state index in [4.69, 9.17) is 5.73 Å². The Labute approximate surface area is 125 Å². The predicted molar refractivity (Wildman–Crippen MR) is 82.0 cm³/mol. The molecule has 0 bridgehead atoms. The molecule has 1 heterocycles. The molecule has 0 saturated heterocycles. The summed E-state index contributed by atoms with van der Waals surface area (Å²) in [7, 11) is -2.00. The number of pyridine rings is 1. The fourth-order valence-electron chi connectivity index (χ4n) is 2.01. The predicted octanol–water partition coefficient (Wildman–Crippen LogP) is 1.67. The lowest BCUT2D eigenvalue weighted by atomic mass is 10.1. The summed E-state index contributed by atoms with van der Waals surface area (Å²) in [4.78, 5) is 4.40. The van der Waals surface area contributed by atoms with Crippen LogP contribution in [0.3, 0.4) is 0 Å². The molecule has 0 fully saturated rings. The zero-order valence-electron chi connectivity index (χ0n) is 12.2. The quantitative estimate of drug-likeness (QED) is 0.911. The molecule has 1 aromatic carbocycles. The molecular weight excluding hydrogens is 286 g/mol. The van der Waals surface area contributed by atoms with Gasteiger partial charge in [0.05, 0.1) is 17.1 Å². The average Bonchev–Trinajstić information content (AvgIpc) is 2.48. The minimum absolute atomic E-state index is 0.231. The Morgan fingerprint density at radius 2 is 2.00 bits per heavy atom. The van der Waals surface area contributed by atoms with E-state index >= 15 is 0 Å². The molecule has 2 rings (SSSR count). The minimum Gasteiger partial charge on any atom is -0.326 e. The summed E-state index contributed by atoms with van der Waals surface area (Å²) in [6, 6.07) is 10.5. The van der Waals surface area contributed by atoms with Crippen LogP contribution in [0.2, 0.25) is 0 Å². The molecule has 0 unspecified atom stereocenters. The second-order valence-electron chi connectivity index (χ2n) is 4.87. The van der Waals surface area contributed by atoms with E-state index in [0.29, 0.717) is 12.2 Å². The lowest BCUT2D eigenvalue weighted by molar-refractivity contribution is 0.462. The second-order valence-corrected chi connectivity index (χ2v) is 6.92.